The topological polar surface area (TPSA) is 71.3 Å². The van der Waals surface area contributed by atoms with Gasteiger partial charge in [-0.1, -0.05) is 29.8 Å². The fourth-order valence-electron chi connectivity index (χ4n) is 2.85. The van der Waals surface area contributed by atoms with Gasteiger partial charge in [-0.25, -0.2) is 4.98 Å². The zero-order chi connectivity index (χ0) is 20.9. The number of thiophene rings is 1. The maximum atomic E-state index is 12.0. The van der Waals surface area contributed by atoms with E-state index < -0.39 is 0 Å². The van der Waals surface area contributed by atoms with E-state index >= 15 is 0 Å². The van der Waals surface area contributed by atoms with Gasteiger partial charge < -0.3 is 10.6 Å². The molecule has 4 aromatic rings. The van der Waals surface area contributed by atoms with Crippen molar-refractivity contribution < 1.29 is 4.79 Å². The summed E-state index contributed by atoms with van der Waals surface area (Å²) in [7, 11) is 0. The van der Waals surface area contributed by atoms with Crippen LogP contribution in [0.5, 0.6) is 0 Å². The number of carbonyl (C=O) groups excluding carboxylic acids is 1. The van der Waals surface area contributed by atoms with E-state index in [1.165, 1.54) is 6.08 Å². The summed E-state index contributed by atoms with van der Waals surface area (Å²) in [5.74, 6) is 0.616. The van der Waals surface area contributed by atoms with Crippen LogP contribution < -0.4 is 10.6 Å². The average molecular weight is 503 g/mol. The molecule has 3 aromatic heterocycles. The fourth-order valence-corrected chi connectivity index (χ4v) is 4.06. The Morgan fingerprint density at radius 2 is 2.13 bits per heavy atom. The number of hydrogen-bond acceptors (Lipinski definition) is 5. The van der Waals surface area contributed by atoms with Crippen molar-refractivity contribution in [2.45, 2.75) is 0 Å². The Kier molecular flexibility index (Phi) is 6.47. The van der Waals surface area contributed by atoms with E-state index in [9.17, 15) is 4.79 Å². The van der Waals surface area contributed by atoms with Crippen molar-refractivity contribution in [2.24, 2.45) is 0 Å². The monoisotopic (exact) mass is 501 g/mol. The van der Waals surface area contributed by atoms with E-state index in [1.54, 1.807) is 28.1 Å². The minimum Gasteiger partial charge on any atom is -0.368 e. The van der Waals surface area contributed by atoms with Gasteiger partial charge in [0.05, 0.1) is 16.4 Å². The van der Waals surface area contributed by atoms with Crippen LogP contribution in [0, 0.1) is 0 Å². The van der Waals surface area contributed by atoms with Crippen molar-refractivity contribution >= 4 is 62.3 Å². The predicted octanol–water partition coefficient (Wildman–Crippen LogP) is 5.12. The molecular weight excluding hydrogens is 486 g/mol. The number of nitrogens with zero attached hydrogens (tertiary/aromatic N) is 3. The molecule has 4 rings (SSSR count). The molecular formula is C21H17BrClN5OS. The number of benzene rings is 1. The van der Waals surface area contributed by atoms with Crippen LogP contribution in [-0.4, -0.2) is 33.6 Å². The Balaban J connectivity index is 1.46. The van der Waals surface area contributed by atoms with Crippen LogP contribution in [0.15, 0.2) is 63.9 Å². The molecule has 0 bridgehead atoms. The lowest BCUT2D eigenvalue weighted by Gasteiger charge is -2.12. The number of rotatable bonds is 7. The van der Waals surface area contributed by atoms with Crippen molar-refractivity contribution in [3.05, 3.63) is 74.5 Å². The predicted molar refractivity (Wildman–Crippen MR) is 126 cm³/mol. The number of hydrogen-bond donors (Lipinski definition) is 2. The molecule has 6 nitrogen and oxygen atoms in total. The van der Waals surface area contributed by atoms with Crippen molar-refractivity contribution in [3.8, 4) is 11.3 Å². The largest absolute Gasteiger partial charge is 0.368 e. The zero-order valence-electron chi connectivity index (χ0n) is 15.7. The molecule has 0 saturated heterocycles. The number of halogens is 2. The van der Waals surface area contributed by atoms with E-state index in [1.807, 2.05) is 47.2 Å². The molecule has 1 amide bonds. The average Bonchev–Trinajstić information content (AvgIpc) is 3.40. The number of carbonyl (C=O) groups is 1. The zero-order valence-corrected chi connectivity index (χ0v) is 18.8. The highest BCUT2D eigenvalue weighted by atomic mass is 79.9. The summed E-state index contributed by atoms with van der Waals surface area (Å²) < 4.78 is 2.49. The van der Waals surface area contributed by atoms with Gasteiger partial charge >= 0.3 is 0 Å². The van der Waals surface area contributed by atoms with Gasteiger partial charge in [0.2, 0.25) is 5.91 Å². The first-order valence-electron chi connectivity index (χ1n) is 9.13. The summed E-state index contributed by atoms with van der Waals surface area (Å²) in [6.07, 6.45) is 5.02. The van der Waals surface area contributed by atoms with E-state index in [0.29, 0.717) is 23.8 Å². The summed E-state index contributed by atoms with van der Waals surface area (Å²) in [4.78, 5) is 16.7. The smallest absolute Gasteiger partial charge is 0.244 e. The molecule has 0 fully saturated rings. The Hall–Kier alpha value is -2.68. The third-order valence-corrected chi connectivity index (χ3v) is 5.87. The van der Waals surface area contributed by atoms with Crippen LogP contribution in [0.4, 0.5) is 5.82 Å². The second-order valence-corrected chi connectivity index (χ2v) is 8.38. The van der Waals surface area contributed by atoms with Crippen molar-refractivity contribution in [3.63, 3.8) is 0 Å². The first kappa shape index (κ1) is 20.6. The number of aromatic nitrogens is 3. The maximum Gasteiger partial charge on any atom is 0.244 e. The number of nitrogens with one attached hydrogen (secondary N) is 2. The fraction of sp³-hybridized carbons (Fsp3) is 0.0952. The second-order valence-electron chi connectivity index (χ2n) is 6.34. The van der Waals surface area contributed by atoms with E-state index in [0.717, 1.165) is 27.1 Å². The molecule has 0 spiro atoms. The van der Waals surface area contributed by atoms with Gasteiger partial charge in [0.25, 0.3) is 0 Å². The summed E-state index contributed by atoms with van der Waals surface area (Å²) >= 11 is 11.4. The number of fused-ring (bicyclic) bond motifs is 1. The molecule has 0 saturated carbocycles. The van der Waals surface area contributed by atoms with Gasteiger partial charge in [-0.3, -0.25) is 4.79 Å². The summed E-state index contributed by atoms with van der Waals surface area (Å²) in [6, 6.07) is 11.4. The third-order valence-electron chi connectivity index (χ3n) is 4.28. The lowest BCUT2D eigenvalue weighted by Crippen LogP contribution is -2.27. The quantitative estimate of drug-likeness (QED) is 0.272. The van der Waals surface area contributed by atoms with Crippen LogP contribution in [0.3, 0.4) is 0 Å². The minimum atomic E-state index is -0.138. The van der Waals surface area contributed by atoms with Gasteiger partial charge in [-0.2, -0.15) is 21.0 Å². The Morgan fingerprint density at radius 1 is 1.27 bits per heavy atom. The van der Waals surface area contributed by atoms with Crippen LogP contribution in [0.1, 0.15) is 5.56 Å². The third kappa shape index (κ3) is 4.72. The summed E-state index contributed by atoms with van der Waals surface area (Å²) in [6.45, 7) is 0.983. The van der Waals surface area contributed by atoms with E-state index in [4.69, 9.17) is 11.6 Å². The van der Waals surface area contributed by atoms with Crippen LogP contribution in [0.25, 0.3) is 23.0 Å². The molecule has 0 aliphatic carbocycles. The summed E-state index contributed by atoms with van der Waals surface area (Å²) in [5, 5.41) is 15.1. The Morgan fingerprint density at radius 3 is 2.93 bits per heavy atom. The maximum absolute atomic E-state index is 12.0. The highest BCUT2D eigenvalue weighted by molar-refractivity contribution is 9.10. The first-order chi connectivity index (χ1) is 14.6. The molecule has 30 heavy (non-hydrogen) atoms. The molecule has 0 atom stereocenters. The van der Waals surface area contributed by atoms with Crippen molar-refractivity contribution in [2.75, 3.05) is 18.4 Å². The molecule has 0 radical (unpaired) electrons. The number of amides is 1. The number of anilines is 1. The van der Waals surface area contributed by atoms with E-state index in [-0.39, 0.29) is 5.91 Å². The van der Waals surface area contributed by atoms with Crippen molar-refractivity contribution in [1.82, 2.24) is 19.9 Å². The first-order valence-corrected chi connectivity index (χ1v) is 11.2. The van der Waals surface area contributed by atoms with Gasteiger partial charge in [-0.05, 0) is 50.5 Å². The molecule has 152 valence electrons. The molecule has 3 heterocycles. The van der Waals surface area contributed by atoms with Crippen LogP contribution >= 0.6 is 38.9 Å². The van der Waals surface area contributed by atoms with Crippen LogP contribution in [0.2, 0.25) is 5.02 Å². The molecule has 0 aliphatic rings. The van der Waals surface area contributed by atoms with Crippen molar-refractivity contribution in [1.29, 1.82) is 0 Å². The normalized spacial score (nSPS) is 11.3. The SMILES string of the molecule is O=C(C=Cc1ccsc1)NCCNc1cc(-c2ccccc2Cl)nc2c(Br)cnn12. The highest BCUT2D eigenvalue weighted by Crippen LogP contribution is 2.30. The lowest BCUT2D eigenvalue weighted by molar-refractivity contribution is -0.116. The highest BCUT2D eigenvalue weighted by Gasteiger charge is 2.13. The van der Waals surface area contributed by atoms with E-state index in [2.05, 4.69) is 36.6 Å². The van der Waals surface area contributed by atoms with Gasteiger partial charge in [-0.15, -0.1) is 0 Å². The Bertz CT molecular complexity index is 1210. The second kappa shape index (κ2) is 9.42. The van der Waals surface area contributed by atoms with Crippen LogP contribution in [-0.2, 0) is 4.79 Å². The van der Waals surface area contributed by atoms with Gasteiger partial charge in [0.1, 0.15) is 5.82 Å². The molecule has 0 aliphatic heterocycles. The minimum absolute atomic E-state index is 0.138. The molecule has 0 unspecified atom stereocenters. The standard InChI is InChI=1S/C21H17BrClN5OS/c22-16-12-26-28-19(11-18(27-21(16)28)15-3-1-2-4-17(15)23)24-8-9-25-20(29)6-5-14-7-10-30-13-14/h1-7,10-13,24H,8-9H2,(H,25,29). The van der Waals surface area contributed by atoms with Gasteiger partial charge in [0.15, 0.2) is 5.65 Å². The van der Waals surface area contributed by atoms with Gasteiger partial charge in [0, 0.05) is 35.8 Å². The Labute approximate surface area is 190 Å². The molecule has 2 N–H and O–H groups in total. The summed E-state index contributed by atoms with van der Waals surface area (Å²) in [5.41, 5.74) is 3.27. The lowest BCUT2D eigenvalue weighted by atomic mass is 10.1. The molecule has 9 heteroatoms. The molecule has 1 aromatic carbocycles.